The predicted molar refractivity (Wildman–Crippen MR) is 99.1 cm³/mol. The number of piperazine rings is 1. The highest BCUT2D eigenvalue weighted by Crippen LogP contribution is 2.22. The lowest BCUT2D eigenvalue weighted by Gasteiger charge is -2.36. The number of hydrogen-bond acceptors (Lipinski definition) is 5. The number of hydrogen-bond donors (Lipinski definition) is 1. The maximum absolute atomic E-state index is 12.4. The Balaban J connectivity index is 1.54. The Bertz CT molecular complexity index is 826. The number of amides is 1. The Morgan fingerprint density at radius 3 is 2.65 bits per heavy atom. The van der Waals surface area contributed by atoms with Crippen molar-refractivity contribution in [2.24, 2.45) is 0 Å². The van der Waals surface area contributed by atoms with Crippen LogP contribution in [-0.4, -0.2) is 55.7 Å². The van der Waals surface area contributed by atoms with Gasteiger partial charge in [-0.05, 0) is 19.1 Å². The minimum atomic E-state index is -0.225. The van der Waals surface area contributed by atoms with Crippen molar-refractivity contribution in [1.82, 2.24) is 9.88 Å². The van der Waals surface area contributed by atoms with E-state index >= 15 is 0 Å². The van der Waals surface area contributed by atoms with Crippen molar-refractivity contribution in [3.8, 4) is 11.5 Å². The number of ether oxygens (including phenoxy) is 2. The number of benzene rings is 1. The lowest BCUT2D eigenvalue weighted by Crippen LogP contribution is -2.50. The number of aromatic nitrogens is 1. The first-order chi connectivity index (χ1) is 12.6. The molecule has 138 valence electrons. The molecule has 0 radical (unpaired) electrons. The van der Waals surface area contributed by atoms with Crippen LogP contribution >= 0.6 is 0 Å². The highest BCUT2D eigenvalue weighted by atomic mass is 16.5. The smallest absolute Gasteiger partial charge is 0.260 e. The molecular formula is C19H23N3O4. The Morgan fingerprint density at radius 1 is 1.19 bits per heavy atom. The van der Waals surface area contributed by atoms with E-state index in [0.717, 1.165) is 24.5 Å². The SMILES string of the molecule is COc1cccc(N2CCN(C(=O)COc3c(C)[nH]ccc3=O)CC2)c1. The third kappa shape index (κ3) is 3.99. The van der Waals surface area contributed by atoms with Gasteiger partial charge in [-0.25, -0.2) is 0 Å². The molecule has 1 aliphatic rings. The van der Waals surface area contributed by atoms with Gasteiger partial charge >= 0.3 is 0 Å². The molecule has 2 aromatic rings. The average Bonchev–Trinajstić information content (AvgIpc) is 2.67. The third-order valence-corrected chi connectivity index (χ3v) is 4.49. The zero-order valence-corrected chi connectivity index (χ0v) is 15.0. The molecule has 0 atom stereocenters. The number of aromatic amines is 1. The van der Waals surface area contributed by atoms with Gasteiger partial charge in [-0.2, -0.15) is 0 Å². The fraction of sp³-hybridized carbons (Fsp3) is 0.368. The highest BCUT2D eigenvalue weighted by molar-refractivity contribution is 5.78. The van der Waals surface area contributed by atoms with Crippen LogP contribution in [0.1, 0.15) is 5.69 Å². The number of carbonyl (C=O) groups is 1. The molecule has 1 amide bonds. The third-order valence-electron chi connectivity index (χ3n) is 4.49. The zero-order valence-electron chi connectivity index (χ0n) is 15.0. The second kappa shape index (κ2) is 7.95. The van der Waals surface area contributed by atoms with Crippen LogP contribution in [0, 0.1) is 6.92 Å². The standard InChI is InChI=1S/C19H23N3O4/c1-14-19(17(23)6-7-20-14)26-13-18(24)22-10-8-21(9-11-22)15-4-3-5-16(12-15)25-2/h3-7,12H,8-11,13H2,1-2H3,(H,20,23). The number of carbonyl (C=O) groups excluding carboxylic acids is 1. The van der Waals surface area contributed by atoms with Gasteiger partial charge in [-0.15, -0.1) is 0 Å². The largest absolute Gasteiger partial charge is 0.497 e. The van der Waals surface area contributed by atoms with Gasteiger partial charge in [0.1, 0.15) is 5.75 Å². The lowest BCUT2D eigenvalue weighted by atomic mass is 10.2. The molecule has 0 bridgehead atoms. The zero-order chi connectivity index (χ0) is 18.5. The van der Waals surface area contributed by atoms with Crippen molar-refractivity contribution in [1.29, 1.82) is 0 Å². The van der Waals surface area contributed by atoms with Crippen molar-refractivity contribution in [3.05, 3.63) is 52.4 Å². The maximum Gasteiger partial charge on any atom is 0.260 e. The minimum Gasteiger partial charge on any atom is -0.497 e. The van der Waals surface area contributed by atoms with Crippen LogP contribution in [0.25, 0.3) is 0 Å². The van der Waals surface area contributed by atoms with Crippen LogP contribution in [0.2, 0.25) is 0 Å². The number of nitrogens with zero attached hydrogens (tertiary/aromatic N) is 2. The normalized spacial score (nSPS) is 14.2. The molecule has 7 nitrogen and oxygen atoms in total. The van der Waals surface area contributed by atoms with Crippen LogP contribution in [0.3, 0.4) is 0 Å². The van der Waals surface area contributed by atoms with Crippen LogP contribution in [0.4, 0.5) is 5.69 Å². The molecule has 0 unspecified atom stereocenters. The summed E-state index contributed by atoms with van der Waals surface area (Å²) in [5, 5.41) is 0. The molecular weight excluding hydrogens is 334 g/mol. The first kappa shape index (κ1) is 17.8. The van der Waals surface area contributed by atoms with E-state index in [2.05, 4.69) is 9.88 Å². The number of anilines is 1. The Kier molecular flexibility index (Phi) is 5.46. The Labute approximate surface area is 152 Å². The summed E-state index contributed by atoms with van der Waals surface area (Å²) in [5.74, 6) is 0.909. The Morgan fingerprint density at radius 2 is 1.96 bits per heavy atom. The second-order valence-corrected chi connectivity index (χ2v) is 6.15. The summed E-state index contributed by atoms with van der Waals surface area (Å²) >= 11 is 0. The van der Waals surface area contributed by atoms with Crippen molar-refractivity contribution in [2.75, 3.05) is 44.8 Å². The van der Waals surface area contributed by atoms with E-state index in [1.807, 2.05) is 24.3 Å². The average molecular weight is 357 g/mol. The Hall–Kier alpha value is -2.96. The molecule has 7 heteroatoms. The fourth-order valence-corrected chi connectivity index (χ4v) is 2.99. The van der Waals surface area contributed by atoms with E-state index in [1.54, 1.807) is 25.1 Å². The topological polar surface area (TPSA) is 74.9 Å². The molecule has 1 saturated heterocycles. The first-order valence-electron chi connectivity index (χ1n) is 8.56. The van der Waals surface area contributed by atoms with Crippen molar-refractivity contribution in [3.63, 3.8) is 0 Å². The van der Waals surface area contributed by atoms with E-state index in [0.29, 0.717) is 18.8 Å². The predicted octanol–water partition coefficient (Wildman–Crippen LogP) is 1.42. The van der Waals surface area contributed by atoms with Crippen LogP contribution in [-0.2, 0) is 4.79 Å². The second-order valence-electron chi connectivity index (χ2n) is 6.15. The summed E-state index contributed by atoms with van der Waals surface area (Å²) < 4.78 is 10.7. The molecule has 3 rings (SSSR count). The first-order valence-corrected chi connectivity index (χ1v) is 8.56. The monoisotopic (exact) mass is 357 g/mol. The molecule has 0 spiro atoms. The summed E-state index contributed by atoms with van der Waals surface area (Å²) in [6.07, 6.45) is 1.56. The number of pyridine rings is 1. The van der Waals surface area contributed by atoms with Crippen molar-refractivity contribution >= 4 is 11.6 Å². The van der Waals surface area contributed by atoms with Crippen LogP contribution in [0.5, 0.6) is 11.5 Å². The van der Waals surface area contributed by atoms with Gasteiger partial charge in [0.25, 0.3) is 5.91 Å². The van der Waals surface area contributed by atoms with Gasteiger partial charge in [-0.3, -0.25) is 9.59 Å². The van der Waals surface area contributed by atoms with E-state index in [4.69, 9.17) is 9.47 Å². The van der Waals surface area contributed by atoms with Gasteiger partial charge in [0, 0.05) is 50.2 Å². The van der Waals surface area contributed by atoms with Gasteiger partial charge < -0.3 is 24.3 Å². The number of rotatable bonds is 5. The molecule has 1 aromatic heterocycles. The van der Waals surface area contributed by atoms with Crippen molar-refractivity contribution < 1.29 is 14.3 Å². The minimum absolute atomic E-state index is 0.113. The van der Waals surface area contributed by atoms with Crippen molar-refractivity contribution in [2.45, 2.75) is 6.92 Å². The molecule has 0 saturated carbocycles. The molecule has 1 N–H and O–H groups in total. The fourth-order valence-electron chi connectivity index (χ4n) is 2.99. The summed E-state index contributed by atoms with van der Waals surface area (Å²) in [6, 6.07) is 9.28. The summed E-state index contributed by atoms with van der Waals surface area (Å²) in [5.41, 5.74) is 1.48. The van der Waals surface area contributed by atoms with Gasteiger partial charge in [0.15, 0.2) is 12.4 Å². The molecule has 26 heavy (non-hydrogen) atoms. The van der Waals surface area contributed by atoms with Gasteiger partial charge in [0.05, 0.1) is 12.8 Å². The highest BCUT2D eigenvalue weighted by Gasteiger charge is 2.22. The quantitative estimate of drug-likeness (QED) is 0.876. The van der Waals surface area contributed by atoms with E-state index in [9.17, 15) is 9.59 Å². The molecule has 0 aliphatic carbocycles. The number of nitrogens with one attached hydrogen (secondary N) is 1. The number of H-pyrrole nitrogens is 1. The molecule has 1 aliphatic heterocycles. The summed E-state index contributed by atoms with van der Waals surface area (Å²) in [4.78, 5) is 31.1. The molecule has 2 heterocycles. The molecule has 1 fully saturated rings. The lowest BCUT2D eigenvalue weighted by molar-refractivity contribution is -0.133. The number of aryl methyl sites for hydroxylation is 1. The summed E-state index contributed by atoms with van der Waals surface area (Å²) in [7, 11) is 1.65. The molecule has 1 aromatic carbocycles. The van der Waals surface area contributed by atoms with E-state index < -0.39 is 0 Å². The van der Waals surface area contributed by atoms with Gasteiger partial charge in [-0.1, -0.05) is 6.07 Å². The van der Waals surface area contributed by atoms with E-state index in [1.165, 1.54) is 6.07 Å². The van der Waals surface area contributed by atoms with E-state index in [-0.39, 0.29) is 23.7 Å². The summed E-state index contributed by atoms with van der Waals surface area (Å²) in [6.45, 7) is 4.32. The maximum atomic E-state index is 12.4. The number of methoxy groups -OCH3 is 1. The van der Waals surface area contributed by atoms with Crippen LogP contribution < -0.4 is 19.8 Å². The van der Waals surface area contributed by atoms with Gasteiger partial charge in [0.2, 0.25) is 5.43 Å². The van der Waals surface area contributed by atoms with Crippen LogP contribution in [0.15, 0.2) is 41.3 Å².